The van der Waals surface area contributed by atoms with Gasteiger partial charge in [0.1, 0.15) is 0 Å². The van der Waals surface area contributed by atoms with Crippen LogP contribution in [0.15, 0.2) is 60.8 Å². The summed E-state index contributed by atoms with van der Waals surface area (Å²) in [6, 6.07) is 15.0. The van der Waals surface area contributed by atoms with Crippen molar-refractivity contribution < 1.29 is 14.3 Å². The molecule has 0 amide bonds. The zero-order chi connectivity index (χ0) is 16.9. The minimum absolute atomic E-state index is 0.107. The standard InChI is InChI=1S/C20H17NO3/c1-23-19-10-8-16(12-20(19)24-2)18(22)9-7-14-11-15-5-3-4-6-17(15)21-13-14/h3-13H,1-2H3. The van der Waals surface area contributed by atoms with Crippen LogP contribution in [0.25, 0.3) is 17.0 Å². The Labute approximate surface area is 140 Å². The highest BCUT2D eigenvalue weighted by Crippen LogP contribution is 2.27. The molecule has 0 fully saturated rings. The van der Waals surface area contributed by atoms with Crippen molar-refractivity contribution in [3.63, 3.8) is 0 Å². The lowest BCUT2D eigenvalue weighted by atomic mass is 10.1. The fourth-order valence-corrected chi connectivity index (χ4v) is 2.44. The highest BCUT2D eigenvalue weighted by atomic mass is 16.5. The Kier molecular flexibility index (Phi) is 4.57. The molecule has 0 N–H and O–H groups in total. The van der Waals surface area contributed by atoms with Crippen LogP contribution in [0.4, 0.5) is 0 Å². The molecule has 3 aromatic rings. The number of hydrogen-bond acceptors (Lipinski definition) is 4. The maximum atomic E-state index is 12.3. The van der Waals surface area contributed by atoms with Crippen molar-refractivity contribution in [2.24, 2.45) is 0 Å². The highest BCUT2D eigenvalue weighted by Gasteiger charge is 2.08. The second kappa shape index (κ2) is 6.96. The molecule has 2 aromatic carbocycles. The zero-order valence-corrected chi connectivity index (χ0v) is 13.5. The van der Waals surface area contributed by atoms with Crippen molar-refractivity contribution in [1.82, 2.24) is 4.98 Å². The average Bonchev–Trinajstić information content (AvgIpc) is 2.65. The van der Waals surface area contributed by atoms with Gasteiger partial charge in [-0.25, -0.2) is 0 Å². The summed E-state index contributed by atoms with van der Waals surface area (Å²) in [5.74, 6) is 1.02. The SMILES string of the molecule is COc1ccc(C(=O)C=Cc2cnc3ccccc3c2)cc1OC. The molecule has 4 heteroatoms. The van der Waals surface area contributed by atoms with Gasteiger partial charge in [-0.15, -0.1) is 0 Å². The Morgan fingerprint density at radius 1 is 1.00 bits per heavy atom. The van der Waals surface area contributed by atoms with Crippen LogP contribution in [-0.4, -0.2) is 25.0 Å². The van der Waals surface area contributed by atoms with E-state index >= 15 is 0 Å². The van der Waals surface area contributed by atoms with Crippen molar-refractivity contribution in [3.8, 4) is 11.5 Å². The molecule has 0 aliphatic rings. The van der Waals surface area contributed by atoms with Gasteiger partial charge in [0.05, 0.1) is 19.7 Å². The van der Waals surface area contributed by atoms with E-state index in [9.17, 15) is 4.79 Å². The lowest BCUT2D eigenvalue weighted by Gasteiger charge is -2.08. The fourth-order valence-electron chi connectivity index (χ4n) is 2.44. The molecule has 1 heterocycles. The predicted molar refractivity (Wildman–Crippen MR) is 94.7 cm³/mol. The van der Waals surface area contributed by atoms with Crippen LogP contribution in [-0.2, 0) is 0 Å². The number of nitrogens with zero attached hydrogens (tertiary/aromatic N) is 1. The highest BCUT2D eigenvalue weighted by molar-refractivity contribution is 6.07. The molecule has 3 rings (SSSR count). The first-order valence-corrected chi connectivity index (χ1v) is 7.50. The van der Waals surface area contributed by atoms with Crippen LogP contribution in [0.2, 0.25) is 0 Å². The average molecular weight is 319 g/mol. The van der Waals surface area contributed by atoms with E-state index in [-0.39, 0.29) is 5.78 Å². The van der Waals surface area contributed by atoms with Gasteiger partial charge in [-0.3, -0.25) is 9.78 Å². The molecule has 0 saturated heterocycles. The molecular weight excluding hydrogens is 302 g/mol. The van der Waals surface area contributed by atoms with Gasteiger partial charge < -0.3 is 9.47 Å². The van der Waals surface area contributed by atoms with Crippen LogP contribution < -0.4 is 9.47 Å². The monoisotopic (exact) mass is 319 g/mol. The first-order valence-electron chi connectivity index (χ1n) is 7.50. The smallest absolute Gasteiger partial charge is 0.185 e. The number of ketones is 1. The summed E-state index contributed by atoms with van der Waals surface area (Å²) in [7, 11) is 3.11. The summed E-state index contributed by atoms with van der Waals surface area (Å²) < 4.78 is 10.4. The third-order valence-corrected chi connectivity index (χ3v) is 3.71. The van der Waals surface area contributed by atoms with E-state index in [1.807, 2.05) is 30.3 Å². The molecular formula is C20H17NO3. The molecule has 1 aromatic heterocycles. The third-order valence-electron chi connectivity index (χ3n) is 3.71. The normalized spacial score (nSPS) is 10.9. The molecule has 0 saturated carbocycles. The van der Waals surface area contributed by atoms with Gasteiger partial charge in [-0.2, -0.15) is 0 Å². The lowest BCUT2D eigenvalue weighted by Crippen LogP contribution is -1.97. The Hall–Kier alpha value is -3.14. The Balaban J connectivity index is 1.83. The third kappa shape index (κ3) is 3.27. The number of rotatable bonds is 5. The molecule has 0 unspecified atom stereocenters. The molecule has 24 heavy (non-hydrogen) atoms. The number of methoxy groups -OCH3 is 2. The summed E-state index contributed by atoms with van der Waals surface area (Å²) in [5.41, 5.74) is 2.35. The lowest BCUT2D eigenvalue weighted by molar-refractivity contribution is 0.104. The van der Waals surface area contributed by atoms with E-state index in [1.54, 1.807) is 44.7 Å². The molecule has 0 bridgehead atoms. The summed E-state index contributed by atoms with van der Waals surface area (Å²) in [6.45, 7) is 0. The zero-order valence-electron chi connectivity index (χ0n) is 13.5. The topological polar surface area (TPSA) is 48.4 Å². The fraction of sp³-hybridized carbons (Fsp3) is 0.100. The van der Waals surface area contributed by atoms with Gasteiger partial charge in [0, 0.05) is 17.1 Å². The summed E-state index contributed by atoms with van der Waals surface area (Å²) in [4.78, 5) is 16.7. The Morgan fingerprint density at radius 3 is 2.58 bits per heavy atom. The number of pyridine rings is 1. The first-order chi connectivity index (χ1) is 11.7. The maximum Gasteiger partial charge on any atom is 0.185 e. The summed E-state index contributed by atoms with van der Waals surface area (Å²) in [6.07, 6.45) is 5.05. The number of hydrogen-bond donors (Lipinski definition) is 0. The maximum absolute atomic E-state index is 12.3. The number of para-hydroxylation sites is 1. The largest absolute Gasteiger partial charge is 0.493 e. The quantitative estimate of drug-likeness (QED) is 0.523. The summed E-state index contributed by atoms with van der Waals surface area (Å²) >= 11 is 0. The number of fused-ring (bicyclic) bond motifs is 1. The number of benzene rings is 2. The minimum Gasteiger partial charge on any atom is -0.493 e. The van der Waals surface area contributed by atoms with Crippen molar-refractivity contribution in [2.45, 2.75) is 0 Å². The van der Waals surface area contributed by atoms with E-state index in [0.29, 0.717) is 17.1 Å². The van der Waals surface area contributed by atoms with E-state index in [4.69, 9.17) is 9.47 Å². The van der Waals surface area contributed by atoms with Crippen LogP contribution in [0.5, 0.6) is 11.5 Å². The number of carbonyl (C=O) groups is 1. The van der Waals surface area contributed by atoms with Crippen LogP contribution >= 0.6 is 0 Å². The summed E-state index contributed by atoms with van der Waals surface area (Å²) in [5, 5.41) is 1.04. The van der Waals surface area contributed by atoms with Crippen LogP contribution in [0, 0.1) is 0 Å². The van der Waals surface area contributed by atoms with Crippen LogP contribution in [0.3, 0.4) is 0 Å². The molecule has 4 nitrogen and oxygen atoms in total. The second-order valence-corrected chi connectivity index (χ2v) is 5.23. The number of ether oxygens (including phenoxy) is 2. The second-order valence-electron chi connectivity index (χ2n) is 5.23. The van der Waals surface area contributed by atoms with Gasteiger partial charge in [0.25, 0.3) is 0 Å². The van der Waals surface area contributed by atoms with Crippen molar-refractivity contribution in [1.29, 1.82) is 0 Å². The molecule has 0 atom stereocenters. The number of carbonyl (C=O) groups excluding carboxylic acids is 1. The number of aromatic nitrogens is 1. The molecule has 0 radical (unpaired) electrons. The number of allylic oxidation sites excluding steroid dienone is 1. The van der Waals surface area contributed by atoms with E-state index in [0.717, 1.165) is 16.5 Å². The Morgan fingerprint density at radius 2 is 1.79 bits per heavy atom. The van der Waals surface area contributed by atoms with E-state index in [2.05, 4.69) is 4.98 Å². The van der Waals surface area contributed by atoms with E-state index < -0.39 is 0 Å². The first kappa shape index (κ1) is 15.7. The van der Waals surface area contributed by atoms with Gasteiger partial charge in [-0.05, 0) is 48.0 Å². The van der Waals surface area contributed by atoms with Crippen molar-refractivity contribution >= 4 is 22.8 Å². The van der Waals surface area contributed by atoms with Crippen molar-refractivity contribution in [2.75, 3.05) is 14.2 Å². The molecule has 120 valence electrons. The molecule has 0 aliphatic carbocycles. The van der Waals surface area contributed by atoms with Gasteiger partial charge in [-0.1, -0.05) is 18.2 Å². The van der Waals surface area contributed by atoms with Crippen LogP contribution in [0.1, 0.15) is 15.9 Å². The Bertz CT molecular complexity index is 916. The molecule has 0 aliphatic heterocycles. The van der Waals surface area contributed by atoms with Gasteiger partial charge in [0.2, 0.25) is 0 Å². The van der Waals surface area contributed by atoms with E-state index in [1.165, 1.54) is 6.08 Å². The predicted octanol–water partition coefficient (Wildman–Crippen LogP) is 4.15. The van der Waals surface area contributed by atoms with Crippen molar-refractivity contribution in [3.05, 3.63) is 71.9 Å². The van der Waals surface area contributed by atoms with Gasteiger partial charge in [0.15, 0.2) is 17.3 Å². The molecule has 0 spiro atoms. The van der Waals surface area contributed by atoms with Gasteiger partial charge >= 0.3 is 0 Å². The minimum atomic E-state index is -0.107.